The molecule has 0 bridgehead atoms. The van der Waals surface area contributed by atoms with Gasteiger partial charge in [0.15, 0.2) is 0 Å². The Kier molecular flexibility index (Phi) is 7.19. The van der Waals surface area contributed by atoms with Gasteiger partial charge in [-0.1, -0.05) is 0 Å². The number of rotatable bonds is 9. The molecule has 1 fully saturated rings. The first kappa shape index (κ1) is 15.4. The summed E-state index contributed by atoms with van der Waals surface area (Å²) in [5.74, 6) is -0.324. The Morgan fingerprint density at radius 3 is 2.94 bits per heavy atom. The first-order valence-electron chi connectivity index (χ1n) is 6.29. The largest absolute Gasteiger partial charge is 0.464 e. The quantitative estimate of drug-likeness (QED) is 0.464. The summed E-state index contributed by atoms with van der Waals surface area (Å²) in [5.41, 5.74) is -0.207. The van der Waals surface area contributed by atoms with Crippen LogP contribution in [-0.2, 0) is 23.7 Å². The van der Waals surface area contributed by atoms with Crippen LogP contribution in [0.15, 0.2) is 0 Å². The van der Waals surface area contributed by atoms with Crippen molar-refractivity contribution in [2.45, 2.75) is 18.9 Å². The number of carbonyl (C=O) groups excluding carboxylic acids is 1. The van der Waals surface area contributed by atoms with Gasteiger partial charge in [0, 0.05) is 33.2 Å². The number of esters is 1. The molecule has 1 unspecified atom stereocenters. The average Bonchev–Trinajstić information content (AvgIpc) is 2.83. The maximum Gasteiger partial charge on any atom is 0.332 e. The van der Waals surface area contributed by atoms with Crippen LogP contribution in [0.25, 0.3) is 0 Å². The third kappa shape index (κ3) is 5.30. The maximum atomic E-state index is 11.0. The SMILES string of the molecule is CCOC(=O)COCCNCC1(OC)CCOC1. The fraction of sp³-hybridized carbons (Fsp3) is 0.917. The van der Waals surface area contributed by atoms with Crippen LogP contribution in [0.3, 0.4) is 0 Å². The van der Waals surface area contributed by atoms with Crippen molar-refractivity contribution < 1.29 is 23.7 Å². The summed E-state index contributed by atoms with van der Waals surface area (Å²) in [4.78, 5) is 11.0. The molecular weight excluding hydrogens is 238 g/mol. The van der Waals surface area contributed by atoms with Crippen LogP contribution >= 0.6 is 0 Å². The molecular formula is C12H23NO5. The van der Waals surface area contributed by atoms with Gasteiger partial charge < -0.3 is 24.3 Å². The number of ether oxygens (including phenoxy) is 4. The maximum absolute atomic E-state index is 11.0. The number of hydrogen-bond acceptors (Lipinski definition) is 6. The van der Waals surface area contributed by atoms with Crippen molar-refractivity contribution >= 4 is 5.97 Å². The Morgan fingerprint density at radius 1 is 1.50 bits per heavy atom. The predicted octanol–water partition coefficient (Wildman–Crippen LogP) is -0.0388. The molecule has 0 aromatic heterocycles. The molecule has 106 valence electrons. The van der Waals surface area contributed by atoms with E-state index in [-0.39, 0.29) is 18.2 Å². The molecule has 1 rings (SSSR count). The molecule has 0 amide bonds. The highest BCUT2D eigenvalue weighted by atomic mass is 16.6. The summed E-state index contributed by atoms with van der Waals surface area (Å²) in [5, 5.41) is 3.24. The first-order chi connectivity index (χ1) is 8.72. The smallest absolute Gasteiger partial charge is 0.332 e. The summed E-state index contributed by atoms with van der Waals surface area (Å²) in [6.45, 7) is 5.41. The van der Waals surface area contributed by atoms with Crippen molar-refractivity contribution in [2.24, 2.45) is 0 Å². The zero-order valence-electron chi connectivity index (χ0n) is 11.2. The van der Waals surface area contributed by atoms with Crippen LogP contribution in [0.5, 0.6) is 0 Å². The van der Waals surface area contributed by atoms with E-state index < -0.39 is 0 Å². The van der Waals surface area contributed by atoms with Gasteiger partial charge in [-0.05, 0) is 6.92 Å². The summed E-state index contributed by atoms with van der Waals surface area (Å²) in [7, 11) is 1.70. The third-order valence-corrected chi connectivity index (χ3v) is 2.90. The number of carbonyl (C=O) groups is 1. The summed E-state index contributed by atoms with van der Waals surface area (Å²) < 4.78 is 20.7. The molecule has 0 spiro atoms. The average molecular weight is 261 g/mol. The monoisotopic (exact) mass is 261 g/mol. The number of hydrogen-bond donors (Lipinski definition) is 1. The summed E-state index contributed by atoms with van der Waals surface area (Å²) in [6.07, 6.45) is 0.903. The Balaban J connectivity index is 1.99. The second kappa shape index (κ2) is 8.42. The van der Waals surface area contributed by atoms with E-state index in [0.29, 0.717) is 26.4 Å². The van der Waals surface area contributed by atoms with E-state index in [2.05, 4.69) is 5.32 Å². The van der Waals surface area contributed by atoms with E-state index in [0.717, 1.165) is 19.6 Å². The lowest BCUT2D eigenvalue weighted by atomic mass is 10.0. The van der Waals surface area contributed by atoms with Gasteiger partial charge in [0.1, 0.15) is 12.2 Å². The Bertz CT molecular complexity index is 241. The molecule has 0 aliphatic carbocycles. The van der Waals surface area contributed by atoms with Crippen molar-refractivity contribution in [2.75, 3.05) is 53.2 Å². The topological polar surface area (TPSA) is 66.0 Å². The molecule has 1 atom stereocenters. The highest BCUT2D eigenvalue weighted by Gasteiger charge is 2.34. The molecule has 0 radical (unpaired) electrons. The minimum Gasteiger partial charge on any atom is -0.464 e. The van der Waals surface area contributed by atoms with Gasteiger partial charge >= 0.3 is 5.97 Å². The van der Waals surface area contributed by atoms with Crippen LogP contribution in [0.2, 0.25) is 0 Å². The van der Waals surface area contributed by atoms with Crippen molar-refractivity contribution in [1.82, 2.24) is 5.32 Å². The lowest BCUT2D eigenvalue weighted by molar-refractivity contribution is -0.148. The van der Waals surface area contributed by atoms with Gasteiger partial charge in [-0.3, -0.25) is 0 Å². The second-order valence-electron chi connectivity index (χ2n) is 4.22. The van der Waals surface area contributed by atoms with E-state index in [9.17, 15) is 4.79 Å². The van der Waals surface area contributed by atoms with Gasteiger partial charge in [0.25, 0.3) is 0 Å². The fourth-order valence-corrected chi connectivity index (χ4v) is 1.78. The first-order valence-corrected chi connectivity index (χ1v) is 6.29. The van der Waals surface area contributed by atoms with E-state index in [1.807, 2.05) is 0 Å². The van der Waals surface area contributed by atoms with Gasteiger partial charge in [-0.15, -0.1) is 0 Å². The predicted molar refractivity (Wildman–Crippen MR) is 65.5 cm³/mol. The standard InChI is InChI=1S/C12H23NO5/c1-3-18-11(14)8-16-7-5-13-9-12(15-2)4-6-17-10-12/h13H,3-10H2,1-2H3. The van der Waals surface area contributed by atoms with Crippen LogP contribution < -0.4 is 5.32 Å². The zero-order valence-corrected chi connectivity index (χ0v) is 11.2. The zero-order chi connectivity index (χ0) is 13.3. The normalized spacial score (nSPS) is 23.2. The fourth-order valence-electron chi connectivity index (χ4n) is 1.78. The Morgan fingerprint density at radius 2 is 2.33 bits per heavy atom. The van der Waals surface area contributed by atoms with Gasteiger partial charge in [-0.25, -0.2) is 4.79 Å². The van der Waals surface area contributed by atoms with Gasteiger partial charge in [0.05, 0.1) is 19.8 Å². The molecule has 1 aliphatic rings. The van der Waals surface area contributed by atoms with E-state index in [4.69, 9.17) is 18.9 Å². The van der Waals surface area contributed by atoms with Crippen LogP contribution in [0.1, 0.15) is 13.3 Å². The summed E-state index contributed by atoms with van der Waals surface area (Å²) in [6, 6.07) is 0. The molecule has 0 aromatic carbocycles. The molecule has 6 nitrogen and oxygen atoms in total. The lowest BCUT2D eigenvalue weighted by Crippen LogP contribution is -2.43. The molecule has 0 aromatic rings. The molecule has 6 heteroatoms. The number of nitrogens with one attached hydrogen (secondary N) is 1. The lowest BCUT2D eigenvalue weighted by Gasteiger charge is -2.25. The van der Waals surface area contributed by atoms with E-state index in [1.54, 1.807) is 14.0 Å². The van der Waals surface area contributed by atoms with Gasteiger partial charge in [0.2, 0.25) is 0 Å². The molecule has 1 saturated heterocycles. The van der Waals surface area contributed by atoms with E-state index in [1.165, 1.54) is 0 Å². The van der Waals surface area contributed by atoms with Crippen molar-refractivity contribution in [3.63, 3.8) is 0 Å². The van der Waals surface area contributed by atoms with Gasteiger partial charge in [-0.2, -0.15) is 0 Å². The minimum atomic E-state index is -0.324. The van der Waals surface area contributed by atoms with Crippen molar-refractivity contribution in [3.05, 3.63) is 0 Å². The van der Waals surface area contributed by atoms with Crippen LogP contribution in [-0.4, -0.2) is 64.8 Å². The minimum absolute atomic E-state index is 0.00799. The van der Waals surface area contributed by atoms with Crippen LogP contribution in [0, 0.1) is 0 Å². The highest BCUT2D eigenvalue weighted by molar-refractivity contribution is 5.70. The Hall–Kier alpha value is -0.690. The van der Waals surface area contributed by atoms with Crippen molar-refractivity contribution in [1.29, 1.82) is 0 Å². The Labute approximate surface area is 108 Å². The molecule has 1 heterocycles. The van der Waals surface area contributed by atoms with E-state index >= 15 is 0 Å². The number of methoxy groups -OCH3 is 1. The molecule has 1 N–H and O–H groups in total. The third-order valence-electron chi connectivity index (χ3n) is 2.90. The second-order valence-corrected chi connectivity index (χ2v) is 4.22. The van der Waals surface area contributed by atoms with Crippen molar-refractivity contribution in [3.8, 4) is 0 Å². The molecule has 0 saturated carbocycles. The molecule has 18 heavy (non-hydrogen) atoms. The highest BCUT2D eigenvalue weighted by Crippen LogP contribution is 2.21. The van der Waals surface area contributed by atoms with Crippen LogP contribution in [0.4, 0.5) is 0 Å². The summed E-state index contributed by atoms with van der Waals surface area (Å²) >= 11 is 0. The molecule has 1 aliphatic heterocycles.